The Morgan fingerprint density at radius 1 is 0.923 bits per heavy atom. The van der Waals surface area contributed by atoms with Crippen molar-refractivity contribution in [3.8, 4) is 0 Å². The van der Waals surface area contributed by atoms with E-state index in [-0.39, 0.29) is 0 Å². The predicted molar refractivity (Wildman–Crippen MR) is 61.4 cm³/mol. The van der Waals surface area contributed by atoms with Crippen LogP contribution in [0.4, 0.5) is 0 Å². The molecular weight excluding hydrogens is 259 g/mol. The van der Waals surface area contributed by atoms with Gasteiger partial charge in [-0.05, 0) is 0 Å². The van der Waals surface area contributed by atoms with Crippen LogP contribution in [0, 0.1) is 0 Å². The molecule has 0 spiro atoms. The van der Waals surface area contributed by atoms with E-state index >= 15 is 0 Å². The Bertz CT molecular complexity index is 245. The number of hydrogen-bond donors (Lipinski definition) is 0. The molecule has 0 heterocycles. The van der Waals surface area contributed by atoms with E-state index in [0.717, 1.165) is 7.35 Å². The van der Waals surface area contributed by atoms with Crippen molar-refractivity contribution in [2.75, 3.05) is 0 Å². The number of rotatable bonds is 2. The summed E-state index contributed by atoms with van der Waals surface area (Å²) in [6.45, 7) is 14.0. The van der Waals surface area contributed by atoms with E-state index < -0.39 is 22.9 Å². The normalized spacial score (nSPS) is 19.3. The molecule has 13 heavy (non-hydrogen) atoms. The fourth-order valence-electron chi connectivity index (χ4n) is 2.06. The summed E-state index contributed by atoms with van der Waals surface area (Å²) in [6, 6.07) is 0. The summed E-state index contributed by atoms with van der Waals surface area (Å²) in [5.41, 5.74) is 6.53. The van der Waals surface area contributed by atoms with Crippen LogP contribution in [-0.2, 0) is 0 Å². The zero-order chi connectivity index (χ0) is 10.2. The molecule has 0 unspecified atom stereocenters. The summed E-state index contributed by atoms with van der Waals surface area (Å²) in [7, 11) is 0. The average Bonchev–Trinajstić information content (AvgIpc) is 2.22. The molecule has 0 amide bonds. The second-order valence-corrected chi connectivity index (χ2v) is 11.3. The maximum atomic E-state index is 2.39. The Hall–Kier alpha value is 0.350. The van der Waals surface area contributed by atoms with Gasteiger partial charge in [-0.2, -0.15) is 0 Å². The molecule has 0 N–H and O–H groups in total. The Kier molecular flexibility index (Phi) is 3.73. The molecule has 0 aromatic carbocycles. The van der Waals surface area contributed by atoms with Crippen LogP contribution < -0.4 is 0 Å². The Balaban J connectivity index is 2.89. The standard InChI is InChI=1S/C9H13.C3H7.In/c1-6-5-7(2)9(4)8(6)3;1-3-2;/h5H,1-4H3;3H,1-2H3;. The Labute approximate surface area is 93.9 Å². The second kappa shape index (κ2) is 4.25. The summed E-state index contributed by atoms with van der Waals surface area (Å²) in [5, 5.41) is 0. The monoisotopic (exact) mass is 279 g/mol. The molecule has 0 atom stereocenters. The quantitative estimate of drug-likeness (QED) is 0.717. The van der Waals surface area contributed by atoms with Gasteiger partial charge in [-0.25, -0.2) is 0 Å². The summed E-state index contributed by atoms with van der Waals surface area (Å²) in [6.07, 6.45) is 0. The Morgan fingerprint density at radius 3 is 1.62 bits per heavy atom. The van der Waals surface area contributed by atoms with Crippen LogP contribution in [0.2, 0.25) is 7.35 Å². The average molecular weight is 279 g/mol. The van der Waals surface area contributed by atoms with Crippen molar-refractivity contribution in [2.24, 2.45) is 0 Å². The van der Waals surface area contributed by atoms with E-state index in [4.69, 9.17) is 0 Å². The van der Waals surface area contributed by atoms with Crippen LogP contribution in [0.5, 0.6) is 0 Å². The van der Waals surface area contributed by atoms with Crippen LogP contribution in [0.1, 0.15) is 41.5 Å². The molecule has 0 saturated heterocycles. The van der Waals surface area contributed by atoms with Gasteiger partial charge in [0.2, 0.25) is 0 Å². The third-order valence-corrected chi connectivity index (χ3v) is 9.41. The van der Waals surface area contributed by atoms with Crippen LogP contribution >= 0.6 is 0 Å². The molecule has 0 aromatic rings. The minimum atomic E-state index is -0.417. The summed E-state index contributed by atoms with van der Waals surface area (Å²) in [4.78, 5) is 0. The molecule has 1 radical (unpaired) electrons. The summed E-state index contributed by atoms with van der Waals surface area (Å²) in [5.74, 6) is 0. The van der Waals surface area contributed by atoms with Crippen molar-refractivity contribution in [1.29, 1.82) is 0 Å². The molecule has 0 aliphatic heterocycles. The fraction of sp³-hybridized carbons (Fsp3) is 0.667. The van der Waals surface area contributed by atoms with Crippen molar-refractivity contribution < 1.29 is 0 Å². The third-order valence-electron chi connectivity index (χ3n) is 3.26. The van der Waals surface area contributed by atoms with Gasteiger partial charge in [0.05, 0.1) is 0 Å². The minimum absolute atomic E-state index is 0.417. The predicted octanol–water partition coefficient (Wildman–Crippen LogP) is 3.99. The number of allylic oxidation sites excluding steroid dienone is 4. The van der Waals surface area contributed by atoms with E-state index in [1.165, 1.54) is 0 Å². The van der Waals surface area contributed by atoms with Crippen molar-refractivity contribution >= 4 is 22.9 Å². The number of hydrogen-bond acceptors (Lipinski definition) is 0. The van der Waals surface area contributed by atoms with E-state index in [1.54, 1.807) is 22.3 Å². The van der Waals surface area contributed by atoms with Crippen LogP contribution in [0.15, 0.2) is 22.3 Å². The summed E-state index contributed by atoms with van der Waals surface area (Å²) >= 11 is -0.417. The Morgan fingerprint density at radius 2 is 1.31 bits per heavy atom. The van der Waals surface area contributed by atoms with Crippen molar-refractivity contribution in [1.82, 2.24) is 0 Å². The first-order chi connectivity index (χ1) is 5.95. The van der Waals surface area contributed by atoms with Gasteiger partial charge in [0.15, 0.2) is 0 Å². The van der Waals surface area contributed by atoms with Gasteiger partial charge in [-0.1, -0.05) is 0 Å². The van der Waals surface area contributed by atoms with Gasteiger partial charge in [0.1, 0.15) is 0 Å². The molecule has 0 fully saturated rings. The van der Waals surface area contributed by atoms with Gasteiger partial charge < -0.3 is 0 Å². The van der Waals surface area contributed by atoms with Crippen molar-refractivity contribution in [2.45, 2.75) is 48.9 Å². The molecule has 1 aliphatic rings. The fourth-order valence-corrected chi connectivity index (χ4v) is 7.33. The second-order valence-electron chi connectivity index (χ2n) is 4.53. The summed E-state index contributed by atoms with van der Waals surface area (Å²) < 4.78 is 1.92. The molecule has 1 aliphatic carbocycles. The molecule has 1 heteroatoms. The molecule has 1 rings (SSSR count). The van der Waals surface area contributed by atoms with Gasteiger partial charge in [0, 0.05) is 0 Å². The topological polar surface area (TPSA) is 0 Å². The van der Waals surface area contributed by atoms with E-state index in [0.29, 0.717) is 0 Å². The molecule has 0 nitrogen and oxygen atoms in total. The van der Waals surface area contributed by atoms with Crippen molar-refractivity contribution in [3.05, 3.63) is 22.3 Å². The first kappa shape index (κ1) is 11.4. The maximum absolute atomic E-state index is 2.39. The molecule has 0 saturated carbocycles. The van der Waals surface area contributed by atoms with Gasteiger partial charge in [-0.3, -0.25) is 0 Å². The zero-order valence-corrected chi connectivity index (χ0v) is 13.0. The van der Waals surface area contributed by atoms with Crippen LogP contribution in [-0.4, -0.2) is 22.9 Å². The molecule has 71 valence electrons. The van der Waals surface area contributed by atoms with E-state index in [1.807, 2.05) is 0 Å². The molecule has 0 bridgehead atoms. The van der Waals surface area contributed by atoms with E-state index in [9.17, 15) is 0 Å². The first-order valence-electron chi connectivity index (χ1n) is 5.15. The molecular formula is C12H20In. The van der Waals surface area contributed by atoms with Crippen molar-refractivity contribution in [3.63, 3.8) is 0 Å². The van der Waals surface area contributed by atoms with Gasteiger partial charge in [-0.15, -0.1) is 0 Å². The SMILES string of the molecule is CC1=C(C)[CH]([In][CH](C)C)C(C)=C1C. The van der Waals surface area contributed by atoms with Crippen LogP contribution in [0.25, 0.3) is 0 Å². The van der Waals surface area contributed by atoms with E-state index in [2.05, 4.69) is 41.5 Å². The van der Waals surface area contributed by atoms with Gasteiger partial charge >= 0.3 is 94.1 Å². The first-order valence-corrected chi connectivity index (χ1v) is 8.95. The van der Waals surface area contributed by atoms with Gasteiger partial charge in [0.25, 0.3) is 0 Å². The molecule has 0 aromatic heterocycles. The third kappa shape index (κ3) is 2.23. The van der Waals surface area contributed by atoms with Crippen LogP contribution in [0.3, 0.4) is 0 Å². The zero-order valence-electron chi connectivity index (χ0n) is 9.73.